The number of amides is 1. The van der Waals surface area contributed by atoms with Gasteiger partial charge in [-0.05, 0) is 12.1 Å². The normalized spacial score (nSPS) is 10.5. The van der Waals surface area contributed by atoms with E-state index in [1.165, 1.54) is 12.3 Å². The number of phenols is 1. The molecule has 1 aromatic carbocycles. The zero-order valence-corrected chi connectivity index (χ0v) is 6.61. The highest BCUT2D eigenvalue weighted by Crippen LogP contribution is 2.26. The summed E-state index contributed by atoms with van der Waals surface area (Å²) >= 11 is 0. The number of nitrogens with two attached hydrogens (primary N) is 1. The number of aromatic hydroxyl groups is 1. The van der Waals surface area contributed by atoms with Crippen molar-refractivity contribution in [2.24, 2.45) is 5.73 Å². The third-order valence-corrected chi connectivity index (χ3v) is 1.86. The van der Waals surface area contributed by atoms with E-state index in [1.807, 2.05) is 0 Å². The molecule has 2 aromatic rings. The minimum atomic E-state index is -0.652. The van der Waals surface area contributed by atoms with Crippen molar-refractivity contribution in [1.82, 2.24) is 10.2 Å². The van der Waals surface area contributed by atoms with Gasteiger partial charge in [-0.2, -0.15) is 5.10 Å². The molecule has 1 heterocycles. The Morgan fingerprint density at radius 2 is 2.31 bits per heavy atom. The number of nitrogens with zero attached hydrogens (tertiary/aromatic N) is 1. The average Bonchev–Trinajstić information content (AvgIpc) is 2.52. The van der Waals surface area contributed by atoms with Gasteiger partial charge in [-0.15, -0.1) is 0 Å². The number of carbonyl (C=O) groups is 1. The second-order valence-electron chi connectivity index (χ2n) is 2.66. The first-order valence-electron chi connectivity index (χ1n) is 3.65. The maximum absolute atomic E-state index is 10.8. The average molecular weight is 177 g/mol. The van der Waals surface area contributed by atoms with E-state index < -0.39 is 5.91 Å². The minimum absolute atomic E-state index is 0.105. The predicted molar refractivity (Wildman–Crippen MR) is 46.3 cm³/mol. The largest absolute Gasteiger partial charge is 0.506 e. The SMILES string of the molecule is NC(=O)c1ccc2[nH]ncc2c1O. The van der Waals surface area contributed by atoms with Crippen molar-refractivity contribution in [3.05, 3.63) is 23.9 Å². The van der Waals surface area contributed by atoms with Crippen molar-refractivity contribution in [2.45, 2.75) is 0 Å². The third kappa shape index (κ3) is 1.01. The number of carbonyl (C=O) groups excluding carboxylic acids is 1. The Hall–Kier alpha value is -2.04. The van der Waals surface area contributed by atoms with E-state index in [0.29, 0.717) is 10.9 Å². The van der Waals surface area contributed by atoms with E-state index in [2.05, 4.69) is 10.2 Å². The fraction of sp³-hybridized carbons (Fsp3) is 0. The van der Waals surface area contributed by atoms with Gasteiger partial charge in [0, 0.05) is 0 Å². The van der Waals surface area contributed by atoms with Gasteiger partial charge in [-0.1, -0.05) is 0 Å². The summed E-state index contributed by atoms with van der Waals surface area (Å²) in [7, 11) is 0. The van der Waals surface area contributed by atoms with Crippen molar-refractivity contribution in [3.63, 3.8) is 0 Å². The van der Waals surface area contributed by atoms with Gasteiger partial charge in [0.2, 0.25) is 0 Å². The number of H-pyrrole nitrogens is 1. The number of nitrogens with one attached hydrogen (secondary N) is 1. The number of hydrogen-bond acceptors (Lipinski definition) is 3. The van der Waals surface area contributed by atoms with E-state index in [0.717, 1.165) is 0 Å². The van der Waals surface area contributed by atoms with Crippen molar-refractivity contribution in [2.75, 3.05) is 0 Å². The first kappa shape index (κ1) is 7.60. The van der Waals surface area contributed by atoms with Gasteiger partial charge in [0.15, 0.2) is 0 Å². The van der Waals surface area contributed by atoms with Crippen molar-refractivity contribution >= 4 is 16.8 Å². The first-order chi connectivity index (χ1) is 6.20. The van der Waals surface area contributed by atoms with Gasteiger partial charge in [-0.25, -0.2) is 0 Å². The molecule has 0 atom stereocenters. The molecule has 0 saturated carbocycles. The smallest absolute Gasteiger partial charge is 0.252 e. The lowest BCUT2D eigenvalue weighted by molar-refractivity contribution is 0.0998. The van der Waals surface area contributed by atoms with E-state index in [-0.39, 0.29) is 11.3 Å². The molecule has 1 aromatic heterocycles. The van der Waals surface area contributed by atoms with Gasteiger partial charge in [0.1, 0.15) is 5.75 Å². The van der Waals surface area contributed by atoms with Crippen molar-refractivity contribution < 1.29 is 9.90 Å². The van der Waals surface area contributed by atoms with Crippen molar-refractivity contribution in [1.29, 1.82) is 0 Å². The number of aromatic nitrogens is 2. The summed E-state index contributed by atoms with van der Waals surface area (Å²) in [6, 6.07) is 3.10. The maximum atomic E-state index is 10.8. The second-order valence-corrected chi connectivity index (χ2v) is 2.66. The molecular formula is C8H7N3O2. The fourth-order valence-electron chi connectivity index (χ4n) is 1.20. The van der Waals surface area contributed by atoms with Crippen LogP contribution in [0.1, 0.15) is 10.4 Å². The quantitative estimate of drug-likeness (QED) is 0.587. The van der Waals surface area contributed by atoms with E-state index in [9.17, 15) is 9.90 Å². The molecule has 0 aliphatic rings. The summed E-state index contributed by atoms with van der Waals surface area (Å²) in [6.45, 7) is 0. The maximum Gasteiger partial charge on any atom is 0.252 e. The molecule has 0 saturated heterocycles. The summed E-state index contributed by atoms with van der Waals surface area (Å²) in [5, 5.41) is 16.4. The summed E-state index contributed by atoms with van der Waals surface area (Å²) in [6.07, 6.45) is 1.44. The van der Waals surface area contributed by atoms with Crippen LogP contribution < -0.4 is 5.73 Å². The molecule has 1 amide bonds. The number of fused-ring (bicyclic) bond motifs is 1. The molecule has 0 fully saturated rings. The summed E-state index contributed by atoms with van der Waals surface area (Å²) in [5.74, 6) is -0.778. The molecule has 0 spiro atoms. The lowest BCUT2D eigenvalue weighted by atomic mass is 10.1. The zero-order valence-electron chi connectivity index (χ0n) is 6.61. The van der Waals surface area contributed by atoms with E-state index in [4.69, 9.17) is 5.73 Å². The molecule has 4 N–H and O–H groups in total. The van der Waals surface area contributed by atoms with Gasteiger partial charge >= 0.3 is 0 Å². The zero-order chi connectivity index (χ0) is 9.42. The van der Waals surface area contributed by atoms with E-state index in [1.54, 1.807) is 6.07 Å². The molecule has 0 radical (unpaired) electrons. The van der Waals surface area contributed by atoms with Crippen molar-refractivity contribution in [3.8, 4) is 5.75 Å². The van der Waals surface area contributed by atoms with Gasteiger partial charge in [0.05, 0.1) is 22.7 Å². The highest BCUT2D eigenvalue weighted by Gasteiger charge is 2.11. The van der Waals surface area contributed by atoms with Crippen LogP contribution >= 0.6 is 0 Å². The molecule has 0 aliphatic carbocycles. The minimum Gasteiger partial charge on any atom is -0.506 e. The molecule has 0 unspecified atom stereocenters. The summed E-state index contributed by atoms with van der Waals surface area (Å²) in [4.78, 5) is 10.8. The predicted octanol–water partition coefficient (Wildman–Crippen LogP) is 0.367. The van der Waals surface area contributed by atoms with Gasteiger partial charge < -0.3 is 10.8 Å². The van der Waals surface area contributed by atoms with Crippen LogP contribution in [-0.4, -0.2) is 21.2 Å². The Kier molecular flexibility index (Phi) is 1.45. The topological polar surface area (TPSA) is 92.0 Å². The number of benzene rings is 1. The van der Waals surface area contributed by atoms with Crippen LogP contribution in [0.25, 0.3) is 10.9 Å². The molecule has 0 aliphatic heterocycles. The Morgan fingerprint density at radius 1 is 1.54 bits per heavy atom. The standard InChI is InChI=1S/C8H7N3O2/c9-8(13)4-1-2-6-5(7(4)12)3-10-11-6/h1-3,12H,(H2,9,13)(H,10,11). The number of rotatable bonds is 1. The van der Waals surface area contributed by atoms with Crippen LogP contribution in [0, 0.1) is 0 Å². The van der Waals surface area contributed by atoms with E-state index >= 15 is 0 Å². The van der Waals surface area contributed by atoms with Gasteiger partial charge in [-0.3, -0.25) is 9.89 Å². The fourth-order valence-corrected chi connectivity index (χ4v) is 1.20. The summed E-state index contributed by atoms with van der Waals surface area (Å²) in [5.41, 5.74) is 5.82. The Labute approximate surface area is 73.2 Å². The lowest BCUT2D eigenvalue weighted by Gasteiger charge is -1.99. The van der Waals surface area contributed by atoms with Crippen LogP contribution in [0.15, 0.2) is 18.3 Å². The molecule has 5 nitrogen and oxygen atoms in total. The third-order valence-electron chi connectivity index (χ3n) is 1.86. The van der Waals surface area contributed by atoms with Crippen LogP contribution in [0.4, 0.5) is 0 Å². The Morgan fingerprint density at radius 3 is 3.00 bits per heavy atom. The summed E-state index contributed by atoms with van der Waals surface area (Å²) < 4.78 is 0. The highest BCUT2D eigenvalue weighted by molar-refractivity contribution is 6.01. The first-order valence-corrected chi connectivity index (χ1v) is 3.65. The van der Waals surface area contributed by atoms with Crippen LogP contribution in [-0.2, 0) is 0 Å². The van der Waals surface area contributed by atoms with Crippen LogP contribution in [0.2, 0.25) is 0 Å². The lowest BCUT2D eigenvalue weighted by Crippen LogP contribution is -2.10. The molecule has 0 bridgehead atoms. The van der Waals surface area contributed by atoms with Gasteiger partial charge in [0.25, 0.3) is 5.91 Å². The molecule has 2 rings (SSSR count). The Bertz CT molecular complexity index is 475. The monoisotopic (exact) mass is 177 g/mol. The molecular weight excluding hydrogens is 170 g/mol. The highest BCUT2D eigenvalue weighted by atomic mass is 16.3. The molecule has 13 heavy (non-hydrogen) atoms. The van der Waals surface area contributed by atoms with Crippen LogP contribution in [0.3, 0.4) is 0 Å². The number of primary amides is 1. The second kappa shape index (κ2) is 2.48. The Balaban J connectivity index is 2.80. The molecule has 66 valence electrons. The molecule has 5 heteroatoms. The van der Waals surface area contributed by atoms with Crippen LogP contribution in [0.5, 0.6) is 5.75 Å². The number of hydrogen-bond donors (Lipinski definition) is 3. The number of aromatic amines is 1.